The van der Waals surface area contributed by atoms with E-state index >= 15 is 0 Å². The Morgan fingerprint density at radius 3 is 1.24 bits per heavy atom. The molecule has 0 aliphatic rings. The average Bonchev–Trinajstić information content (AvgIpc) is 3.36. The molecule has 428 valence electrons. The zero-order chi connectivity index (χ0) is 54.2. The average molecular weight is 1050 g/mol. The molecule has 9 heteroatoms. The van der Waals surface area contributed by atoms with Gasteiger partial charge in [-0.05, 0) is 83.5 Å². The van der Waals surface area contributed by atoms with Crippen LogP contribution in [0.5, 0.6) is 0 Å². The van der Waals surface area contributed by atoms with Crippen LogP contribution in [0.4, 0.5) is 0 Å². The number of aliphatic hydroxyl groups excluding tert-OH is 1. The zero-order valence-corrected chi connectivity index (χ0v) is 49.7. The van der Waals surface area contributed by atoms with E-state index in [-0.39, 0.29) is 19.1 Å². The summed E-state index contributed by atoms with van der Waals surface area (Å²) < 4.78 is 23.7. The second-order valence-electron chi connectivity index (χ2n) is 21.7. The Balaban J connectivity index is 4.16. The van der Waals surface area contributed by atoms with E-state index in [1.807, 2.05) is 27.2 Å². The predicted octanol–water partition coefficient (Wildman–Crippen LogP) is 19.0. The van der Waals surface area contributed by atoms with E-state index in [4.69, 9.17) is 9.05 Å². The van der Waals surface area contributed by atoms with Crippen molar-refractivity contribution in [1.29, 1.82) is 0 Å². The number of carbonyl (C=O) groups is 1. The minimum atomic E-state index is -4.36. The molecule has 0 aliphatic heterocycles. The number of hydrogen-bond donors (Lipinski definition) is 3. The van der Waals surface area contributed by atoms with E-state index in [0.29, 0.717) is 17.4 Å². The molecule has 0 aromatic heterocycles. The summed E-state index contributed by atoms with van der Waals surface area (Å²) >= 11 is 0. The summed E-state index contributed by atoms with van der Waals surface area (Å²) in [5.41, 5.74) is 0. The Bertz CT molecular complexity index is 1520. The molecule has 0 fully saturated rings. The Kier molecular flexibility index (Phi) is 53.3. The molecule has 0 saturated heterocycles. The van der Waals surface area contributed by atoms with Crippen LogP contribution in [0.3, 0.4) is 0 Å². The lowest BCUT2D eigenvalue weighted by molar-refractivity contribution is -0.870. The molecule has 0 radical (unpaired) electrons. The van der Waals surface area contributed by atoms with Crippen LogP contribution in [0, 0.1) is 0 Å². The van der Waals surface area contributed by atoms with Crippen molar-refractivity contribution in [1.82, 2.24) is 5.32 Å². The highest BCUT2D eigenvalue weighted by Crippen LogP contribution is 2.43. The molecule has 3 unspecified atom stereocenters. The van der Waals surface area contributed by atoms with E-state index in [2.05, 4.69) is 104 Å². The third kappa shape index (κ3) is 57.1. The van der Waals surface area contributed by atoms with Crippen molar-refractivity contribution < 1.29 is 32.9 Å². The van der Waals surface area contributed by atoms with Gasteiger partial charge in [-0.15, -0.1) is 0 Å². The number of rotatable bonds is 55. The number of allylic oxidation sites excluding steroid dienone is 15. The number of nitrogens with zero attached hydrogens (tertiary/aromatic N) is 1. The lowest BCUT2D eigenvalue weighted by Crippen LogP contribution is -2.45. The molecule has 3 N–H and O–H groups in total. The third-order valence-corrected chi connectivity index (χ3v) is 14.3. The molecule has 8 nitrogen and oxygen atoms in total. The monoisotopic (exact) mass is 1050 g/mol. The lowest BCUT2D eigenvalue weighted by atomic mass is 10.0. The number of carbonyl (C=O) groups excluding carboxylic acids is 1. The second kappa shape index (κ2) is 55.2. The van der Waals surface area contributed by atoms with Crippen LogP contribution in [0.15, 0.2) is 97.2 Å². The number of unbranched alkanes of at least 4 members (excludes halogenated alkanes) is 28. The van der Waals surface area contributed by atoms with Crippen LogP contribution in [-0.4, -0.2) is 73.4 Å². The largest absolute Gasteiger partial charge is 0.472 e. The number of aliphatic hydroxyl groups is 1. The second-order valence-corrected chi connectivity index (χ2v) is 23.1. The molecule has 0 aliphatic carbocycles. The first-order chi connectivity index (χ1) is 36.0. The quantitative estimate of drug-likeness (QED) is 0.0243. The predicted molar refractivity (Wildman–Crippen MR) is 322 cm³/mol. The van der Waals surface area contributed by atoms with E-state index in [1.54, 1.807) is 6.08 Å². The van der Waals surface area contributed by atoms with Gasteiger partial charge in [-0.25, -0.2) is 4.57 Å². The molecule has 0 saturated carbocycles. The minimum absolute atomic E-state index is 0.0529. The highest BCUT2D eigenvalue weighted by Gasteiger charge is 2.27. The van der Waals surface area contributed by atoms with Gasteiger partial charge in [0.05, 0.1) is 39.9 Å². The van der Waals surface area contributed by atoms with Gasteiger partial charge in [0, 0.05) is 6.42 Å². The van der Waals surface area contributed by atoms with Gasteiger partial charge >= 0.3 is 7.82 Å². The summed E-state index contributed by atoms with van der Waals surface area (Å²) in [5, 5.41) is 13.9. The standard InChI is InChI=1S/C65H117N2O6P/c1-6-8-10-12-14-16-18-20-22-24-26-27-28-29-30-31-32-33-34-35-36-37-38-39-41-43-45-47-49-51-53-55-57-59-65(69)66-63(62-73-74(70,71)72-61-60-67(3,4)5)64(68)58-56-54-52-50-48-46-44-42-40-25-23-21-19-17-15-13-11-9-7-2/h8,10,14,16,20,22,26-27,29-30,32-33,48,50,56,58,63-64,68H,6-7,9,11-13,15,17-19,21,23-25,28,31,34-47,49,51-55,57,59-62H2,1-5H3,(H-,66,69,70,71)/p+1/b10-8-,16-14-,22-20-,27-26-,30-29-,33-32-,50-48+,58-56+. The summed E-state index contributed by atoms with van der Waals surface area (Å²) in [6, 6.07) is -0.869. The number of amides is 1. The van der Waals surface area contributed by atoms with Gasteiger partial charge in [0.15, 0.2) is 0 Å². The number of phosphoric ester groups is 1. The molecule has 0 spiro atoms. The van der Waals surface area contributed by atoms with Crippen molar-refractivity contribution in [2.24, 2.45) is 0 Å². The minimum Gasteiger partial charge on any atom is -0.387 e. The van der Waals surface area contributed by atoms with Crippen molar-refractivity contribution in [3.63, 3.8) is 0 Å². The smallest absolute Gasteiger partial charge is 0.387 e. The SMILES string of the molecule is CC/C=C\C/C=C\C/C=C\C/C=C\C/C=C\C/C=C\CCCCCCCCCCCCCCCCC(=O)NC(COP(=O)(O)OCC[N+](C)(C)C)C(O)/C=C/CC/C=C/CCCCCCCCCCCCCCC. The summed E-state index contributed by atoms with van der Waals surface area (Å²) in [7, 11) is 1.55. The van der Waals surface area contributed by atoms with Crippen LogP contribution in [0.2, 0.25) is 0 Å². The summed E-state index contributed by atoms with van der Waals surface area (Å²) in [6.45, 7) is 4.69. The van der Waals surface area contributed by atoms with E-state index in [1.165, 1.54) is 161 Å². The Hall–Kier alpha value is -2.58. The molecular formula is C65H118N2O6P+. The number of quaternary nitrogens is 1. The number of nitrogens with one attached hydrogen (secondary N) is 1. The van der Waals surface area contributed by atoms with Gasteiger partial charge in [0.25, 0.3) is 0 Å². The highest BCUT2D eigenvalue weighted by molar-refractivity contribution is 7.47. The topological polar surface area (TPSA) is 105 Å². The van der Waals surface area contributed by atoms with Crippen molar-refractivity contribution >= 4 is 13.7 Å². The fourth-order valence-corrected chi connectivity index (χ4v) is 9.27. The fourth-order valence-electron chi connectivity index (χ4n) is 8.53. The fraction of sp³-hybridized carbons (Fsp3) is 0.738. The normalized spacial score (nSPS) is 14.5. The first kappa shape index (κ1) is 71.4. The third-order valence-electron chi connectivity index (χ3n) is 13.3. The summed E-state index contributed by atoms with van der Waals surface area (Å²) in [6.07, 6.45) is 79.5. The van der Waals surface area contributed by atoms with Gasteiger partial charge in [0.2, 0.25) is 5.91 Å². The van der Waals surface area contributed by atoms with Gasteiger partial charge in [-0.2, -0.15) is 0 Å². The Labute approximate surface area is 458 Å². The summed E-state index contributed by atoms with van der Waals surface area (Å²) in [4.78, 5) is 23.3. The van der Waals surface area contributed by atoms with Crippen molar-refractivity contribution in [3.05, 3.63) is 97.2 Å². The molecule has 0 aromatic carbocycles. The molecule has 74 heavy (non-hydrogen) atoms. The van der Waals surface area contributed by atoms with Crippen LogP contribution < -0.4 is 5.32 Å². The van der Waals surface area contributed by atoms with E-state index in [0.717, 1.165) is 77.0 Å². The van der Waals surface area contributed by atoms with Gasteiger partial charge in [0.1, 0.15) is 13.2 Å². The summed E-state index contributed by atoms with van der Waals surface area (Å²) in [5.74, 6) is -0.189. The van der Waals surface area contributed by atoms with Crippen LogP contribution in [-0.2, 0) is 18.4 Å². The van der Waals surface area contributed by atoms with Crippen molar-refractivity contribution in [3.8, 4) is 0 Å². The van der Waals surface area contributed by atoms with Crippen molar-refractivity contribution in [2.75, 3.05) is 40.9 Å². The first-order valence-corrected chi connectivity index (χ1v) is 32.1. The van der Waals surface area contributed by atoms with Crippen LogP contribution in [0.1, 0.15) is 258 Å². The molecular weight excluding hydrogens is 936 g/mol. The lowest BCUT2D eigenvalue weighted by Gasteiger charge is -2.25. The number of likely N-dealkylation sites (N-methyl/N-ethyl adjacent to an activating group) is 1. The van der Waals surface area contributed by atoms with Gasteiger partial charge in [-0.1, -0.05) is 265 Å². The van der Waals surface area contributed by atoms with E-state index < -0.39 is 20.0 Å². The first-order valence-electron chi connectivity index (χ1n) is 30.6. The van der Waals surface area contributed by atoms with Gasteiger partial charge in [-0.3, -0.25) is 13.8 Å². The Morgan fingerprint density at radius 1 is 0.473 bits per heavy atom. The van der Waals surface area contributed by atoms with Crippen LogP contribution >= 0.6 is 7.82 Å². The van der Waals surface area contributed by atoms with E-state index in [9.17, 15) is 19.4 Å². The molecule has 1 amide bonds. The number of hydrogen-bond acceptors (Lipinski definition) is 5. The van der Waals surface area contributed by atoms with Crippen LogP contribution in [0.25, 0.3) is 0 Å². The zero-order valence-electron chi connectivity index (χ0n) is 48.8. The number of phosphoric acid groups is 1. The Morgan fingerprint density at radius 2 is 0.824 bits per heavy atom. The van der Waals surface area contributed by atoms with Gasteiger partial charge < -0.3 is 19.8 Å². The molecule has 0 aromatic rings. The maximum Gasteiger partial charge on any atom is 0.472 e. The van der Waals surface area contributed by atoms with Crippen molar-refractivity contribution in [2.45, 2.75) is 270 Å². The molecule has 0 bridgehead atoms. The maximum atomic E-state index is 13.0. The molecule has 3 atom stereocenters. The molecule has 0 heterocycles. The highest BCUT2D eigenvalue weighted by atomic mass is 31.2. The maximum absolute atomic E-state index is 13.0. The molecule has 0 rings (SSSR count).